The minimum Gasteiger partial charge on any atom is -0.454 e. The van der Waals surface area contributed by atoms with Crippen LogP contribution in [0.1, 0.15) is 43.0 Å². The summed E-state index contributed by atoms with van der Waals surface area (Å²) >= 11 is 0. The van der Waals surface area contributed by atoms with Gasteiger partial charge in [-0.05, 0) is 86.3 Å². The second kappa shape index (κ2) is 9.54. The van der Waals surface area contributed by atoms with E-state index in [1.807, 2.05) is 33.8 Å². The summed E-state index contributed by atoms with van der Waals surface area (Å²) in [7, 11) is -4.07. The summed E-state index contributed by atoms with van der Waals surface area (Å²) in [5.41, 5.74) is 4.04. The Balaban J connectivity index is 1.80. The molecule has 0 aliphatic rings. The van der Waals surface area contributed by atoms with Crippen molar-refractivity contribution in [3.8, 4) is 0 Å². The highest BCUT2D eigenvalue weighted by Crippen LogP contribution is 2.24. The topological polar surface area (TPSA) is 89.5 Å². The first kappa shape index (κ1) is 24.1. The third-order valence-electron chi connectivity index (χ3n) is 5.49. The molecule has 0 heterocycles. The van der Waals surface area contributed by atoms with Crippen molar-refractivity contribution in [2.45, 2.75) is 32.6 Å². The van der Waals surface area contributed by atoms with Crippen LogP contribution in [0.4, 0.5) is 10.1 Å². The van der Waals surface area contributed by atoms with Gasteiger partial charge < -0.3 is 4.74 Å². The molecule has 0 radical (unpaired) electrons. The van der Waals surface area contributed by atoms with Crippen LogP contribution in [0.2, 0.25) is 0 Å². The molecule has 0 fully saturated rings. The summed E-state index contributed by atoms with van der Waals surface area (Å²) < 4.78 is 46.0. The summed E-state index contributed by atoms with van der Waals surface area (Å²) in [4.78, 5) is 25.4. The van der Waals surface area contributed by atoms with Gasteiger partial charge in [-0.25, -0.2) is 17.6 Å². The number of Topliss-reactive ketones (excluding diaryl/α,β-unsaturated/α-hetero) is 1. The summed E-state index contributed by atoms with van der Waals surface area (Å²) in [6.07, 6.45) is 0. The van der Waals surface area contributed by atoms with E-state index in [0.29, 0.717) is 5.56 Å². The van der Waals surface area contributed by atoms with Crippen molar-refractivity contribution in [3.63, 3.8) is 0 Å². The fourth-order valence-corrected chi connectivity index (χ4v) is 4.56. The van der Waals surface area contributed by atoms with Crippen LogP contribution in [0.15, 0.2) is 59.5 Å². The quantitative estimate of drug-likeness (QED) is 0.393. The van der Waals surface area contributed by atoms with Gasteiger partial charge in [-0.3, -0.25) is 9.52 Å². The van der Waals surface area contributed by atoms with Crippen molar-refractivity contribution < 1.29 is 27.1 Å². The van der Waals surface area contributed by atoms with Crippen LogP contribution in [-0.2, 0) is 14.8 Å². The average Bonchev–Trinajstić information content (AvgIpc) is 2.76. The summed E-state index contributed by atoms with van der Waals surface area (Å²) in [5.74, 6) is -1.76. The van der Waals surface area contributed by atoms with Crippen molar-refractivity contribution in [1.82, 2.24) is 0 Å². The number of rotatable bonds is 7. The van der Waals surface area contributed by atoms with Gasteiger partial charge in [0.05, 0.1) is 16.1 Å². The minimum atomic E-state index is -4.07. The van der Waals surface area contributed by atoms with Crippen LogP contribution < -0.4 is 4.72 Å². The van der Waals surface area contributed by atoms with Gasteiger partial charge in [-0.1, -0.05) is 18.2 Å². The molecule has 6 nitrogen and oxygen atoms in total. The van der Waals surface area contributed by atoms with Gasteiger partial charge in [-0.2, -0.15) is 0 Å². The van der Waals surface area contributed by atoms with Crippen LogP contribution in [0.5, 0.6) is 0 Å². The van der Waals surface area contributed by atoms with Crippen molar-refractivity contribution in [2.75, 3.05) is 11.3 Å². The largest absolute Gasteiger partial charge is 0.454 e. The molecule has 0 spiro atoms. The smallest absolute Gasteiger partial charge is 0.340 e. The maximum absolute atomic E-state index is 13.1. The Labute approximate surface area is 192 Å². The number of carbonyl (C=O) groups excluding carboxylic acids is 2. The minimum absolute atomic E-state index is 0.0157. The Morgan fingerprint density at radius 2 is 1.48 bits per heavy atom. The van der Waals surface area contributed by atoms with E-state index in [2.05, 4.69) is 4.72 Å². The van der Waals surface area contributed by atoms with Gasteiger partial charge in [0.25, 0.3) is 10.0 Å². The monoisotopic (exact) mass is 469 g/mol. The highest BCUT2D eigenvalue weighted by Gasteiger charge is 2.22. The Kier molecular flexibility index (Phi) is 6.98. The number of anilines is 1. The fourth-order valence-electron chi connectivity index (χ4n) is 3.48. The van der Waals surface area contributed by atoms with Gasteiger partial charge in [-0.15, -0.1) is 0 Å². The van der Waals surface area contributed by atoms with Crippen molar-refractivity contribution in [1.29, 1.82) is 0 Å². The predicted molar refractivity (Wildman–Crippen MR) is 124 cm³/mol. The van der Waals surface area contributed by atoms with Crippen LogP contribution in [-0.4, -0.2) is 26.8 Å². The van der Waals surface area contributed by atoms with E-state index in [1.54, 1.807) is 12.1 Å². The second-order valence-electron chi connectivity index (χ2n) is 7.74. The second-order valence-corrected chi connectivity index (χ2v) is 9.42. The molecule has 3 aromatic rings. The lowest BCUT2D eigenvalue weighted by atomic mass is 9.92. The molecule has 0 amide bonds. The van der Waals surface area contributed by atoms with E-state index in [4.69, 9.17) is 4.74 Å². The summed E-state index contributed by atoms with van der Waals surface area (Å²) in [5, 5.41) is 0. The molecule has 3 aromatic carbocycles. The van der Waals surface area contributed by atoms with E-state index >= 15 is 0 Å². The molecular weight excluding hydrogens is 445 g/mol. The highest BCUT2D eigenvalue weighted by molar-refractivity contribution is 7.92. The number of halogens is 1. The molecule has 33 heavy (non-hydrogen) atoms. The molecule has 0 saturated heterocycles. The lowest BCUT2D eigenvalue weighted by Gasteiger charge is -2.15. The lowest BCUT2D eigenvalue weighted by molar-refractivity contribution is 0.0475. The van der Waals surface area contributed by atoms with E-state index in [-0.39, 0.29) is 21.9 Å². The standard InChI is InChI=1S/C25H24FNO5S/c1-15-13-16(2)18(4)24(17(15)3)23(28)14-32-25(29)21-7-5-6-8-22(21)27-33(30,31)20-11-9-19(26)10-12-20/h5-13,27H,14H2,1-4H3. The Hall–Kier alpha value is -3.52. The van der Waals surface area contributed by atoms with E-state index in [9.17, 15) is 22.4 Å². The molecule has 0 unspecified atom stereocenters. The molecule has 0 aliphatic heterocycles. The number of hydrogen-bond acceptors (Lipinski definition) is 5. The molecule has 8 heteroatoms. The van der Waals surface area contributed by atoms with Gasteiger partial charge in [0.2, 0.25) is 5.78 Å². The van der Waals surface area contributed by atoms with Gasteiger partial charge in [0.15, 0.2) is 6.61 Å². The number of nitrogens with one attached hydrogen (secondary N) is 1. The molecule has 172 valence electrons. The number of benzene rings is 3. The number of ketones is 1. The molecule has 0 aromatic heterocycles. The van der Waals surface area contributed by atoms with E-state index in [1.165, 1.54) is 12.1 Å². The van der Waals surface area contributed by atoms with Crippen LogP contribution in [0.25, 0.3) is 0 Å². The predicted octanol–water partition coefficient (Wildman–Crippen LogP) is 4.90. The molecule has 0 saturated carbocycles. The van der Waals surface area contributed by atoms with Crippen molar-refractivity contribution in [2.24, 2.45) is 0 Å². The summed E-state index contributed by atoms with van der Waals surface area (Å²) in [6.45, 7) is 7.03. The number of carbonyl (C=O) groups is 2. The average molecular weight is 470 g/mol. The number of para-hydroxylation sites is 1. The zero-order valence-corrected chi connectivity index (χ0v) is 19.5. The number of esters is 1. The van der Waals surface area contributed by atoms with Gasteiger partial charge in [0.1, 0.15) is 5.82 Å². The number of aryl methyl sites for hydroxylation is 2. The molecule has 0 atom stereocenters. The van der Waals surface area contributed by atoms with Gasteiger partial charge >= 0.3 is 5.97 Å². The Morgan fingerprint density at radius 1 is 0.909 bits per heavy atom. The maximum atomic E-state index is 13.1. The van der Waals surface area contributed by atoms with Crippen molar-refractivity contribution >= 4 is 27.5 Å². The zero-order valence-electron chi connectivity index (χ0n) is 18.7. The first-order valence-corrected chi connectivity index (χ1v) is 11.6. The maximum Gasteiger partial charge on any atom is 0.340 e. The van der Waals surface area contributed by atoms with Crippen LogP contribution >= 0.6 is 0 Å². The normalized spacial score (nSPS) is 11.2. The highest BCUT2D eigenvalue weighted by atomic mass is 32.2. The van der Waals surface area contributed by atoms with Crippen molar-refractivity contribution in [3.05, 3.63) is 93.8 Å². The molecule has 1 N–H and O–H groups in total. The Bertz CT molecular complexity index is 1310. The van der Waals surface area contributed by atoms with Crippen LogP contribution in [0, 0.1) is 33.5 Å². The van der Waals surface area contributed by atoms with Crippen LogP contribution in [0.3, 0.4) is 0 Å². The lowest BCUT2D eigenvalue weighted by Crippen LogP contribution is -2.19. The third-order valence-corrected chi connectivity index (χ3v) is 6.88. The Morgan fingerprint density at radius 3 is 2.09 bits per heavy atom. The summed E-state index contributed by atoms with van der Waals surface area (Å²) in [6, 6.07) is 12.2. The van der Waals surface area contributed by atoms with E-state index < -0.39 is 28.4 Å². The molecular formula is C25H24FNO5S. The van der Waals surface area contributed by atoms with E-state index in [0.717, 1.165) is 46.5 Å². The first-order valence-electron chi connectivity index (χ1n) is 10.2. The fraction of sp³-hybridized carbons (Fsp3) is 0.200. The number of sulfonamides is 1. The number of ether oxygens (including phenoxy) is 1. The van der Waals surface area contributed by atoms with Gasteiger partial charge in [0, 0.05) is 5.56 Å². The zero-order chi connectivity index (χ0) is 24.3. The first-order chi connectivity index (χ1) is 15.5. The SMILES string of the molecule is Cc1cc(C)c(C)c(C(=O)COC(=O)c2ccccc2NS(=O)(=O)c2ccc(F)cc2)c1C. The molecule has 0 bridgehead atoms. The molecule has 3 rings (SSSR count). The molecule has 0 aliphatic carbocycles. The third kappa shape index (κ3) is 5.28. The number of hydrogen-bond donors (Lipinski definition) is 1.